The molecule has 17 heavy (non-hydrogen) atoms. The monoisotopic (exact) mass is 226 g/mol. The lowest BCUT2D eigenvalue weighted by atomic mass is 9.82. The highest BCUT2D eigenvalue weighted by molar-refractivity contribution is 5.59. The van der Waals surface area contributed by atoms with Gasteiger partial charge in [0.1, 0.15) is 0 Å². The van der Waals surface area contributed by atoms with Gasteiger partial charge in [-0.15, -0.1) is 0 Å². The van der Waals surface area contributed by atoms with Crippen LogP contribution < -0.4 is 0 Å². The molecule has 1 aromatic rings. The molecule has 2 rings (SSSR count). The fourth-order valence-electron chi connectivity index (χ4n) is 2.43. The Hall–Kier alpha value is -1.30. The first-order chi connectivity index (χ1) is 8.16. The number of benzene rings is 1. The first kappa shape index (κ1) is 12.2. The third kappa shape index (κ3) is 3.09. The summed E-state index contributed by atoms with van der Waals surface area (Å²) in [5, 5.41) is 0. The molecule has 1 unspecified atom stereocenters. The third-order valence-electron chi connectivity index (χ3n) is 3.49. The van der Waals surface area contributed by atoms with Crippen LogP contribution in [0.4, 0.5) is 0 Å². The minimum absolute atomic E-state index is 0.662. The molecular formula is C17H22. The summed E-state index contributed by atoms with van der Waals surface area (Å²) in [6, 6.07) is 8.76. The quantitative estimate of drug-likeness (QED) is 0.645. The van der Waals surface area contributed by atoms with Crippen LogP contribution in [0.25, 0.3) is 6.08 Å². The molecule has 1 atom stereocenters. The van der Waals surface area contributed by atoms with Gasteiger partial charge in [-0.2, -0.15) is 0 Å². The molecule has 1 aliphatic carbocycles. The lowest BCUT2D eigenvalue weighted by molar-refractivity contribution is 0.612. The van der Waals surface area contributed by atoms with Gasteiger partial charge in [-0.3, -0.25) is 0 Å². The molecule has 0 aromatic heterocycles. The van der Waals surface area contributed by atoms with Crippen molar-refractivity contribution in [2.24, 2.45) is 11.8 Å². The Kier molecular flexibility index (Phi) is 3.83. The average molecular weight is 226 g/mol. The fourth-order valence-corrected chi connectivity index (χ4v) is 2.43. The minimum atomic E-state index is 0.662. The van der Waals surface area contributed by atoms with Crippen LogP contribution in [0.15, 0.2) is 42.0 Å². The molecule has 1 aliphatic rings. The van der Waals surface area contributed by atoms with E-state index in [1.54, 1.807) is 0 Å². The second-order valence-corrected chi connectivity index (χ2v) is 5.40. The summed E-state index contributed by atoms with van der Waals surface area (Å²) in [6.07, 6.45) is 9.39. The second kappa shape index (κ2) is 5.35. The van der Waals surface area contributed by atoms with Crippen LogP contribution in [0.2, 0.25) is 0 Å². The Balaban J connectivity index is 2.09. The first-order valence-electron chi connectivity index (χ1n) is 6.59. The standard InChI is InChI=1S/C17H22/c1-13(2)7-6-10-15-12-17-9-5-4-8-16(17)11-14(15)3/h4-9,11,13,15H,10,12H2,1-3H3. The molecule has 0 saturated heterocycles. The van der Waals surface area contributed by atoms with Crippen LogP contribution in [-0.4, -0.2) is 0 Å². The molecule has 90 valence electrons. The molecule has 0 amide bonds. The van der Waals surface area contributed by atoms with Gasteiger partial charge in [0.05, 0.1) is 0 Å². The van der Waals surface area contributed by atoms with Crippen molar-refractivity contribution in [2.45, 2.75) is 33.6 Å². The van der Waals surface area contributed by atoms with E-state index in [1.165, 1.54) is 29.5 Å². The van der Waals surface area contributed by atoms with Gasteiger partial charge in [-0.1, -0.05) is 61.9 Å². The predicted molar refractivity (Wildman–Crippen MR) is 75.9 cm³/mol. The van der Waals surface area contributed by atoms with Gasteiger partial charge in [0.25, 0.3) is 0 Å². The molecule has 0 radical (unpaired) electrons. The molecule has 1 aromatic carbocycles. The molecule has 0 spiro atoms. The van der Waals surface area contributed by atoms with Gasteiger partial charge in [0, 0.05) is 0 Å². The molecule has 0 nitrogen and oxygen atoms in total. The Morgan fingerprint density at radius 2 is 2.06 bits per heavy atom. The maximum absolute atomic E-state index is 2.35. The lowest BCUT2D eigenvalue weighted by Gasteiger charge is -2.23. The van der Waals surface area contributed by atoms with E-state index in [4.69, 9.17) is 0 Å². The second-order valence-electron chi connectivity index (χ2n) is 5.40. The van der Waals surface area contributed by atoms with Crippen LogP contribution in [0.1, 0.15) is 38.3 Å². The van der Waals surface area contributed by atoms with Gasteiger partial charge < -0.3 is 0 Å². The van der Waals surface area contributed by atoms with Gasteiger partial charge in [0.2, 0.25) is 0 Å². The zero-order valence-electron chi connectivity index (χ0n) is 11.1. The van der Waals surface area contributed by atoms with Crippen LogP contribution in [0.5, 0.6) is 0 Å². The first-order valence-corrected chi connectivity index (χ1v) is 6.59. The summed E-state index contributed by atoms with van der Waals surface area (Å²) in [5.41, 5.74) is 4.44. The molecular weight excluding hydrogens is 204 g/mol. The Labute approximate surface area is 105 Å². The summed E-state index contributed by atoms with van der Waals surface area (Å²) in [6.45, 7) is 6.73. The minimum Gasteiger partial charge on any atom is -0.0877 e. The van der Waals surface area contributed by atoms with Crippen molar-refractivity contribution in [1.29, 1.82) is 0 Å². The van der Waals surface area contributed by atoms with Gasteiger partial charge in [-0.05, 0) is 42.7 Å². The van der Waals surface area contributed by atoms with E-state index < -0.39 is 0 Å². The van der Waals surface area contributed by atoms with E-state index in [2.05, 4.69) is 63.3 Å². The van der Waals surface area contributed by atoms with Crippen LogP contribution in [0.3, 0.4) is 0 Å². The SMILES string of the molecule is CC1=Cc2ccccc2CC1CC=CC(C)C. The third-order valence-corrected chi connectivity index (χ3v) is 3.49. The molecule has 0 aliphatic heterocycles. The topological polar surface area (TPSA) is 0 Å². The Bertz CT molecular complexity index is 435. The van der Waals surface area contributed by atoms with Crippen molar-refractivity contribution in [3.05, 3.63) is 53.1 Å². The van der Waals surface area contributed by atoms with E-state index >= 15 is 0 Å². The van der Waals surface area contributed by atoms with Crippen molar-refractivity contribution in [1.82, 2.24) is 0 Å². The smallest absolute Gasteiger partial charge is 0.0127 e. The molecule has 0 heterocycles. The number of hydrogen-bond donors (Lipinski definition) is 0. The van der Waals surface area contributed by atoms with Crippen LogP contribution in [-0.2, 0) is 6.42 Å². The van der Waals surface area contributed by atoms with Crippen LogP contribution in [0, 0.1) is 11.8 Å². The normalized spacial score (nSPS) is 19.5. The molecule has 0 bridgehead atoms. The molecule has 0 heteroatoms. The number of rotatable bonds is 3. The summed E-state index contributed by atoms with van der Waals surface area (Å²) in [5.74, 6) is 1.36. The van der Waals surface area contributed by atoms with Crippen molar-refractivity contribution < 1.29 is 0 Å². The largest absolute Gasteiger partial charge is 0.0877 e. The zero-order valence-corrected chi connectivity index (χ0v) is 11.1. The maximum atomic E-state index is 2.35. The average Bonchev–Trinajstić information content (AvgIpc) is 2.29. The van der Waals surface area contributed by atoms with E-state index in [-0.39, 0.29) is 0 Å². The van der Waals surface area contributed by atoms with Crippen LogP contribution >= 0.6 is 0 Å². The number of hydrogen-bond acceptors (Lipinski definition) is 0. The van der Waals surface area contributed by atoms with E-state index in [9.17, 15) is 0 Å². The number of allylic oxidation sites excluding steroid dienone is 3. The highest BCUT2D eigenvalue weighted by atomic mass is 14.2. The highest BCUT2D eigenvalue weighted by Crippen LogP contribution is 2.30. The number of fused-ring (bicyclic) bond motifs is 1. The Morgan fingerprint density at radius 3 is 2.82 bits per heavy atom. The van der Waals surface area contributed by atoms with E-state index in [0.717, 1.165) is 0 Å². The van der Waals surface area contributed by atoms with Crippen molar-refractivity contribution >= 4 is 6.08 Å². The molecule has 0 saturated carbocycles. The fraction of sp³-hybridized carbons (Fsp3) is 0.412. The highest BCUT2D eigenvalue weighted by Gasteiger charge is 2.16. The Morgan fingerprint density at radius 1 is 1.29 bits per heavy atom. The summed E-state index contributed by atoms with van der Waals surface area (Å²) >= 11 is 0. The lowest BCUT2D eigenvalue weighted by Crippen LogP contribution is -2.10. The zero-order chi connectivity index (χ0) is 12.3. The summed E-state index contributed by atoms with van der Waals surface area (Å²) in [7, 11) is 0. The van der Waals surface area contributed by atoms with Crippen molar-refractivity contribution in [3.63, 3.8) is 0 Å². The van der Waals surface area contributed by atoms with E-state index in [1.807, 2.05) is 0 Å². The molecule has 0 fully saturated rings. The summed E-state index contributed by atoms with van der Waals surface area (Å²) in [4.78, 5) is 0. The van der Waals surface area contributed by atoms with Crippen molar-refractivity contribution in [2.75, 3.05) is 0 Å². The van der Waals surface area contributed by atoms with E-state index in [0.29, 0.717) is 11.8 Å². The van der Waals surface area contributed by atoms with Crippen molar-refractivity contribution in [3.8, 4) is 0 Å². The predicted octanol–water partition coefficient (Wildman–Crippen LogP) is 4.86. The molecule has 0 N–H and O–H groups in total. The van der Waals surface area contributed by atoms with Gasteiger partial charge in [-0.25, -0.2) is 0 Å². The van der Waals surface area contributed by atoms with Gasteiger partial charge in [0.15, 0.2) is 0 Å². The summed E-state index contributed by atoms with van der Waals surface area (Å²) < 4.78 is 0. The van der Waals surface area contributed by atoms with Gasteiger partial charge >= 0.3 is 0 Å². The maximum Gasteiger partial charge on any atom is -0.0127 e.